The van der Waals surface area contributed by atoms with Crippen LogP contribution in [0.3, 0.4) is 0 Å². The van der Waals surface area contributed by atoms with E-state index in [1.165, 1.54) is 4.68 Å². The van der Waals surface area contributed by atoms with Gasteiger partial charge in [0.1, 0.15) is 11.9 Å². The number of hydrogen-bond donors (Lipinski definition) is 1. The number of nitrogen functional groups attached to an aromatic ring is 1. The first-order valence-corrected chi connectivity index (χ1v) is 9.26. The molecule has 0 saturated heterocycles. The highest BCUT2D eigenvalue weighted by molar-refractivity contribution is 5.88. The average Bonchev–Trinajstić information content (AvgIpc) is 3.06. The Bertz CT molecular complexity index is 992. The minimum Gasteiger partial charge on any atom is -0.467 e. The number of amides is 1. The first-order valence-electron chi connectivity index (χ1n) is 9.26. The van der Waals surface area contributed by atoms with E-state index in [0.717, 1.165) is 12.8 Å². The van der Waals surface area contributed by atoms with Crippen molar-refractivity contribution in [3.05, 3.63) is 41.1 Å². The lowest BCUT2D eigenvalue weighted by atomic mass is 9.92. The van der Waals surface area contributed by atoms with Crippen LogP contribution < -0.4 is 5.73 Å². The lowest BCUT2D eigenvalue weighted by Crippen LogP contribution is -2.53. The van der Waals surface area contributed by atoms with Crippen LogP contribution in [0.15, 0.2) is 24.3 Å². The highest BCUT2D eigenvalue weighted by atomic mass is 19.4. The van der Waals surface area contributed by atoms with Gasteiger partial charge in [-0.3, -0.25) is 4.79 Å². The molecular weight excluding hydrogens is 401 g/mol. The summed E-state index contributed by atoms with van der Waals surface area (Å²) in [5.41, 5.74) is 8.30. The molecule has 0 bridgehead atoms. The van der Waals surface area contributed by atoms with Crippen LogP contribution in [0.25, 0.3) is 5.69 Å². The van der Waals surface area contributed by atoms with E-state index in [-0.39, 0.29) is 18.4 Å². The summed E-state index contributed by atoms with van der Waals surface area (Å²) in [5, 5.41) is 4.51. The van der Waals surface area contributed by atoms with Crippen LogP contribution in [0.1, 0.15) is 37.6 Å². The number of nitrogens with two attached hydrogens (primary N) is 1. The number of hydrogen-bond acceptors (Lipinski definition) is 5. The summed E-state index contributed by atoms with van der Waals surface area (Å²) >= 11 is 0. The number of halogens is 3. The summed E-state index contributed by atoms with van der Waals surface area (Å²) in [4.78, 5) is 24.5. The molecule has 30 heavy (non-hydrogen) atoms. The molecule has 1 amide bonds. The average molecular weight is 424 g/mol. The van der Waals surface area contributed by atoms with Gasteiger partial charge >= 0.3 is 18.1 Å². The van der Waals surface area contributed by atoms with E-state index in [1.54, 1.807) is 24.3 Å². The predicted octanol–water partition coefficient (Wildman–Crippen LogP) is 2.74. The highest BCUT2D eigenvalue weighted by Crippen LogP contribution is 2.31. The van der Waals surface area contributed by atoms with Crippen LogP contribution in [-0.2, 0) is 32.7 Å². The van der Waals surface area contributed by atoms with Gasteiger partial charge < -0.3 is 15.4 Å². The quantitative estimate of drug-likeness (QED) is 0.749. The second kappa shape index (κ2) is 7.33. The second-order valence-corrected chi connectivity index (χ2v) is 8.24. The minimum atomic E-state index is -5.10. The number of alkyl halides is 3. The number of methoxy groups -OCH3 is 1. The molecule has 1 aliphatic heterocycles. The third kappa shape index (κ3) is 3.99. The van der Waals surface area contributed by atoms with Gasteiger partial charge in [-0.15, -0.1) is 0 Å². The molecule has 7 nitrogen and oxygen atoms in total. The van der Waals surface area contributed by atoms with Crippen molar-refractivity contribution in [1.29, 1.82) is 0 Å². The molecule has 1 aromatic heterocycles. The molecule has 0 spiro atoms. The molecule has 0 fully saturated rings. The molecule has 2 aromatic rings. The number of ether oxygens (including phenoxy) is 1. The van der Waals surface area contributed by atoms with Crippen LogP contribution >= 0.6 is 0 Å². The smallest absolute Gasteiger partial charge is 0.467 e. The molecule has 162 valence electrons. The van der Waals surface area contributed by atoms with Gasteiger partial charge in [-0.2, -0.15) is 18.3 Å². The first kappa shape index (κ1) is 21.7. The Hall–Kier alpha value is -3.04. The second-order valence-electron chi connectivity index (χ2n) is 8.24. The number of nitrogens with zero attached hydrogens (tertiary/aromatic N) is 3. The van der Waals surface area contributed by atoms with Gasteiger partial charge in [-0.1, -0.05) is 26.8 Å². The van der Waals surface area contributed by atoms with Crippen molar-refractivity contribution in [3.63, 3.8) is 0 Å². The number of carbonyl (C=O) groups excluding carboxylic acids is 2. The molecule has 2 N–H and O–H groups in total. The first-order chi connectivity index (χ1) is 13.8. The molecule has 0 saturated carbocycles. The van der Waals surface area contributed by atoms with Crippen molar-refractivity contribution in [2.75, 3.05) is 12.8 Å². The third-order valence-corrected chi connectivity index (χ3v) is 5.05. The molecule has 0 aliphatic carbocycles. The fourth-order valence-electron chi connectivity index (χ4n) is 3.39. The maximum Gasteiger partial charge on any atom is 0.471 e. The Morgan fingerprint density at radius 1 is 1.17 bits per heavy atom. The zero-order chi connectivity index (χ0) is 22.4. The van der Waals surface area contributed by atoms with Crippen LogP contribution in [0.2, 0.25) is 0 Å². The zero-order valence-electron chi connectivity index (χ0n) is 17.1. The molecule has 2 heterocycles. The van der Waals surface area contributed by atoms with E-state index >= 15 is 0 Å². The van der Waals surface area contributed by atoms with Crippen LogP contribution in [0, 0.1) is 0 Å². The maximum absolute atomic E-state index is 13.1. The number of anilines is 1. The molecule has 1 aromatic carbocycles. The summed E-state index contributed by atoms with van der Waals surface area (Å²) in [6.07, 6.45) is -5.18. The van der Waals surface area contributed by atoms with Gasteiger partial charge in [-0.05, 0) is 23.3 Å². The molecule has 1 aliphatic rings. The Kier molecular flexibility index (Phi) is 5.30. The van der Waals surface area contributed by atoms with Gasteiger partial charge in [-0.25, -0.2) is 9.48 Å². The van der Waals surface area contributed by atoms with Gasteiger partial charge in [0.15, 0.2) is 0 Å². The number of carbonyl (C=O) groups is 2. The number of rotatable bonds is 2. The Labute approximate surface area is 171 Å². The van der Waals surface area contributed by atoms with Gasteiger partial charge in [0.05, 0.1) is 18.5 Å². The van der Waals surface area contributed by atoms with E-state index in [9.17, 15) is 22.8 Å². The van der Waals surface area contributed by atoms with Gasteiger partial charge in [0.2, 0.25) is 0 Å². The number of esters is 1. The molecule has 0 radical (unpaired) electrons. The monoisotopic (exact) mass is 424 g/mol. The molecular formula is C20H23F3N4O3. The molecule has 10 heteroatoms. The summed E-state index contributed by atoms with van der Waals surface area (Å²) < 4.78 is 45.4. The van der Waals surface area contributed by atoms with Crippen molar-refractivity contribution >= 4 is 17.7 Å². The third-order valence-electron chi connectivity index (χ3n) is 5.05. The summed E-state index contributed by atoms with van der Waals surface area (Å²) in [5.74, 6) is -2.60. The van der Waals surface area contributed by atoms with E-state index in [4.69, 9.17) is 5.73 Å². The van der Waals surface area contributed by atoms with Crippen molar-refractivity contribution in [1.82, 2.24) is 14.7 Å². The van der Waals surface area contributed by atoms with Crippen LogP contribution in [-0.4, -0.2) is 45.9 Å². The Morgan fingerprint density at radius 2 is 1.83 bits per heavy atom. The topological polar surface area (TPSA) is 90.4 Å². The number of fused-ring (bicyclic) bond motifs is 1. The minimum absolute atomic E-state index is 0.0774. The van der Waals surface area contributed by atoms with Crippen molar-refractivity contribution < 1.29 is 27.5 Å². The zero-order valence-corrected chi connectivity index (χ0v) is 17.1. The van der Waals surface area contributed by atoms with Crippen molar-refractivity contribution in [2.45, 2.75) is 51.4 Å². The van der Waals surface area contributed by atoms with E-state index in [0.29, 0.717) is 27.5 Å². The molecule has 3 rings (SSSR count). The van der Waals surface area contributed by atoms with E-state index in [1.807, 2.05) is 20.8 Å². The van der Waals surface area contributed by atoms with Crippen LogP contribution in [0.4, 0.5) is 19.0 Å². The summed E-state index contributed by atoms with van der Waals surface area (Å²) in [7, 11) is 1.07. The van der Waals surface area contributed by atoms with Crippen LogP contribution in [0.5, 0.6) is 0 Å². The molecule has 1 atom stereocenters. The fourth-order valence-corrected chi connectivity index (χ4v) is 3.39. The predicted molar refractivity (Wildman–Crippen MR) is 103 cm³/mol. The van der Waals surface area contributed by atoms with Crippen molar-refractivity contribution in [3.8, 4) is 5.69 Å². The van der Waals surface area contributed by atoms with Gasteiger partial charge in [0.25, 0.3) is 0 Å². The summed E-state index contributed by atoms with van der Waals surface area (Å²) in [6, 6.07) is 5.46. The number of benzene rings is 1. The largest absolute Gasteiger partial charge is 0.471 e. The SMILES string of the molecule is COC(=O)C1Cc2ccc(-n3nc(C(C)(C)C)cc3N)cc2CN1C(=O)C(F)(F)F. The van der Waals surface area contributed by atoms with E-state index in [2.05, 4.69) is 9.84 Å². The Balaban J connectivity index is 2.02. The standard InChI is InChI=1S/C20H23F3N4O3/c1-19(2,3)15-9-16(24)27(25-15)13-6-5-11-8-14(17(28)30-4)26(10-12(11)7-13)18(29)20(21,22)23/h5-7,9,14H,8,10,24H2,1-4H3. The fraction of sp³-hybridized carbons (Fsp3) is 0.450. The van der Waals surface area contributed by atoms with E-state index < -0.39 is 24.1 Å². The van der Waals surface area contributed by atoms with Gasteiger partial charge in [0, 0.05) is 24.4 Å². The maximum atomic E-state index is 13.1. The normalized spacial score (nSPS) is 16.9. The lowest BCUT2D eigenvalue weighted by Gasteiger charge is -2.35. The summed E-state index contributed by atoms with van der Waals surface area (Å²) in [6.45, 7) is 5.58. The Morgan fingerprint density at radius 3 is 2.37 bits per heavy atom. The number of aromatic nitrogens is 2. The van der Waals surface area contributed by atoms with Crippen molar-refractivity contribution in [2.24, 2.45) is 0 Å². The molecule has 1 unspecified atom stereocenters. The highest BCUT2D eigenvalue weighted by Gasteiger charge is 2.48. The lowest BCUT2D eigenvalue weighted by molar-refractivity contribution is -0.191.